The number of Topliss-reactive ketones (excluding diaryl/α,β-unsaturated/α-hetero) is 1. The van der Waals surface area contributed by atoms with E-state index in [2.05, 4.69) is 15.3 Å². The molecule has 1 aromatic heterocycles. The summed E-state index contributed by atoms with van der Waals surface area (Å²) in [7, 11) is 0. The third-order valence-corrected chi connectivity index (χ3v) is 5.92. The van der Waals surface area contributed by atoms with Crippen molar-refractivity contribution < 1.29 is 18.7 Å². The highest BCUT2D eigenvalue weighted by Crippen LogP contribution is 2.22. The SMILES string of the molecule is Cc1nn(-c2ccccc2)c(C)c1C(=O)C(=O)NCC(c1ccc(F)cc1)N1CCOCC1. The Labute approximate surface area is 192 Å². The molecule has 1 unspecified atom stereocenters. The van der Waals surface area contributed by atoms with Crippen molar-refractivity contribution >= 4 is 11.7 Å². The van der Waals surface area contributed by atoms with Gasteiger partial charge >= 0.3 is 0 Å². The first-order valence-electron chi connectivity index (χ1n) is 11.0. The number of para-hydroxylation sites is 1. The number of benzene rings is 2. The molecular formula is C25H27FN4O3. The molecule has 172 valence electrons. The maximum Gasteiger partial charge on any atom is 0.292 e. The van der Waals surface area contributed by atoms with Gasteiger partial charge in [-0.25, -0.2) is 9.07 Å². The molecule has 1 N–H and O–H groups in total. The van der Waals surface area contributed by atoms with Crippen LogP contribution in [0.4, 0.5) is 4.39 Å². The molecule has 3 aromatic rings. The van der Waals surface area contributed by atoms with Gasteiger partial charge in [-0.3, -0.25) is 14.5 Å². The van der Waals surface area contributed by atoms with E-state index in [1.54, 1.807) is 30.7 Å². The van der Waals surface area contributed by atoms with Crippen LogP contribution < -0.4 is 5.32 Å². The van der Waals surface area contributed by atoms with E-state index >= 15 is 0 Å². The van der Waals surface area contributed by atoms with Crippen LogP contribution in [0.2, 0.25) is 0 Å². The van der Waals surface area contributed by atoms with Gasteiger partial charge in [-0.1, -0.05) is 30.3 Å². The zero-order valence-corrected chi connectivity index (χ0v) is 18.8. The largest absolute Gasteiger partial charge is 0.379 e. The van der Waals surface area contributed by atoms with Gasteiger partial charge in [-0.15, -0.1) is 0 Å². The van der Waals surface area contributed by atoms with Crippen LogP contribution in [0, 0.1) is 19.7 Å². The first-order chi connectivity index (χ1) is 16.0. The van der Waals surface area contributed by atoms with Gasteiger partial charge in [0.1, 0.15) is 5.82 Å². The minimum atomic E-state index is -0.686. The molecule has 1 fully saturated rings. The van der Waals surface area contributed by atoms with Crippen LogP contribution in [0.25, 0.3) is 5.69 Å². The lowest BCUT2D eigenvalue weighted by Gasteiger charge is -2.34. The van der Waals surface area contributed by atoms with Gasteiger partial charge in [-0.2, -0.15) is 5.10 Å². The Kier molecular flexibility index (Phi) is 6.96. The predicted molar refractivity (Wildman–Crippen MR) is 122 cm³/mol. The standard InChI is InChI=1S/C25H27FN4O3/c1-17-23(18(2)30(28-17)21-6-4-3-5-7-21)24(31)25(32)27-16-22(29-12-14-33-15-13-29)19-8-10-20(26)11-9-19/h3-11,22H,12-16H2,1-2H3,(H,27,32). The number of rotatable bonds is 7. The molecule has 1 atom stereocenters. The van der Waals surface area contributed by atoms with Crippen molar-refractivity contribution in [3.05, 3.63) is 82.9 Å². The smallest absolute Gasteiger partial charge is 0.292 e. The summed E-state index contributed by atoms with van der Waals surface area (Å²) in [5.74, 6) is -1.62. The Hall–Kier alpha value is -3.36. The molecule has 0 aliphatic carbocycles. The van der Waals surface area contributed by atoms with Gasteiger partial charge in [0.15, 0.2) is 0 Å². The summed E-state index contributed by atoms with van der Waals surface area (Å²) in [5, 5.41) is 7.26. The van der Waals surface area contributed by atoms with E-state index in [1.165, 1.54) is 12.1 Å². The molecule has 1 aliphatic rings. The van der Waals surface area contributed by atoms with Crippen molar-refractivity contribution in [1.29, 1.82) is 0 Å². The predicted octanol–water partition coefficient (Wildman–Crippen LogP) is 3.00. The van der Waals surface area contributed by atoms with Gasteiger partial charge < -0.3 is 10.1 Å². The van der Waals surface area contributed by atoms with E-state index in [1.807, 2.05) is 30.3 Å². The molecular weight excluding hydrogens is 423 g/mol. The van der Waals surface area contributed by atoms with Crippen LogP contribution in [0.3, 0.4) is 0 Å². The average Bonchev–Trinajstić information content (AvgIpc) is 3.14. The van der Waals surface area contributed by atoms with Gasteiger partial charge in [0.05, 0.1) is 41.9 Å². The summed E-state index contributed by atoms with van der Waals surface area (Å²) in [6, 6.07) is 15.5. The summed E-state index contributed by atoms with van der Waals surface area (Å²) in [6.07, 6.45) is 0. The highest BCUT2D eigenvalue weighted by molar-refractivity contribution is 6.43. The van der Waals surface area contributed by atoms with E-state index < -0.39 is 11.7 Å². The number of hydrogen-bond acceptors (Lipinski definition) is 5. The Morgan fingerprint density at radius 2 is 1.73 bits per heavy atom. The molecule has 1 saturated heterocycles. The molecule has 7 nitrogen and oxygen atoms in total. The molecule has 2 aromatic carbocycles. The fraction of sp³-hybridized carbons (Fsp3) is 0.320. The number of nitrogens with one attached hydrogen (secondary N) is 1. The van der Waals surface area contributed by atoms with Gasteiger partial charge in [0.2, 0.25) is 0 Å². The van der Waals surface area contributed by atoms with Crippen LogP contribution in [0.15, 0.2) is 54.6 Å². The third-order valence-electron chi connectivity index (χ3n) is 5.92. The highest BCUT2D eigenvalue weighted by Gasteiger charge is 2.28. The van der Waals surface area contributed by atoms with Crippen molar-refractivity contribution in [2.75, 3.05) is 32.8 Å². The van der Waals surface area contributed by atoms with Crippen molar-refractivity contribution in [3.63, 3.8) is 0 Å². The Morgan fingerprint density at radius 3 is 2.39 bits per heavy atom. The lowest BCUT2D eigenvalue weighted by molar-refractivity contribution is -0.117. The van der Waals surface area contributed by atoms with Gasteiger partial charge in [0, 0.05) is 19.6 Å². The first-order valence-corrected chi connectivity index (χ1v) is 11.0. The normalized spacial score (nSPS) is 15.2. The summed E-state index contributed by atoms with van der Waals surface area (Å²) in [5.41, 5.74) is 3.11. The van der Waals surface area contributed by atoms with E-state index in [0.29, 0.717) is 43.3 Å². The van der Waals surface area contributed by atoms with Crippen molar-refractivity contribution in [2.45, 2.75) is 19.9 Å². The molecule has 1 amide bonds. The number of carbonyl (C=O) groups is 2. The van der Waals surface area contributed by atoms with Crippen molar-refractivity contribution in [2.24, 2.45) is 0 Å². The van der Waals surface area contributed by atoms with E-state index in [0.717, 1.165) is 11.3 Å². The second kappa shape index (κ2) is 10.1. The number of aryl methyl sites for hydroxylation is 1. The highest BCUT2D eigenvalue weighted by atomic mass is 19.1. The van der Waals surface area contributed by atoms with E-state index in [9.17, 15) is 14.0 Å². The van der Waals surface area contributed by atoms with Crippen molar-refractivity contribution in [1.82, 2.24) is 20.0 Å². The van der Waals surface area contributed by atoms with E-state index in [4.69, 9.17) is 4.74 Å². The third kappa shape index (κ3) is 5.02. The molecule has 8 heteroatoms. The lowest BCUT2D eigenvalue weighted by Crippen LogP contribution is -2.45. The molecule has 2 heterocycles. The summed E-state index contributed by atoms with van der Waals surface area (Å²) < 4.78 is 20.6. The van der Waals surface area contributed by atoms with E-state index in [-0.39, 0.29) is 18.4 Å². The minimum Gasteiger partial charge on any atom is -0.379 e. The summed E-state index contributed by atoms with van der Waals surface area (Å²) in [6.45, 7) is 6.27. The van der Waals surface area contributed by atoms with Crippen LogP contribution in [-0.4, -0.2) is 59.2 Å². The van der Waals surface area contributed by atoms with Gasteiger partial charge in [-0.05, 0) is 43.7 Å². The number of amides is 1. The number of ether oxygens (including phenoxy) is 1. The topological polar surface area (TPSA) is 76.5 Å². The number of carbonyl (C=O) groups excluding carboxylic acids is 2. The zero-order chi connectivity index (χ0) is 23.4. The zero-order valence-electron chi connectivity index (χ0n) is 18.8. The second-order valence-electron chi connectivity index (χ2n) is 8.05. The molecule has 1 aliphatic heterocycles. The molecule has 4 rings (SSSR count). The fourth-order valence-corrected chi connectivity index (χ4v) is 4.21. The number of hydrogen-bond donors (Lipinski definition) is 1. The average molecular weight is 451 g/mol. The molecule has 0 bridgehead atoms. The summed E-state index contributed by atoms with van der Waals surface area (Å²) >= 11 is 0. The van der Waals surface area contributed by atoms with Crippen LogP contribution in [0.5, 0.6) is 0 Å². The first kappa shape index (κ1) is 22.8. The summed E-state index contributed by atoms with van der Waals surface area (Å²) in [4.78, 5) is 28.1. The molecule has 33 heavy (non-hydrogen) atoms. The Morgan fingerprint density at radius 1 is 1.06 bits per heavy atom. The van der Waals surface area contributed by atoms with Crippen LogP contribution in [-0.2, 0) is 9.53 Å². The minimum absolute atomic E-state index is 0.194. The monoisotopic (exact) mass is 450 g/mol. The second-order valence-corrected chi connectivity index (χ2v) is 8.05. The quantitative estimate of drug-likeness (QED) is 0.442. The molecule has 0 saturated carbocycles. The number of morpholine rings is 1. The van der Waals surface area contributed by atoms with Gasteiger partial charge in [0.25, 0.3) is 11.7 Å². The van der Waals surface area contributed by atoms with Crippen LogP contribution in [0.1, 0.15) is 33.4 Å². The molecule has 0 spiro atoms. The maximum atomic E-state index is 13.4. The Bertz CT molecular complexity index is 1120. The Balaban J connectivity index is 1.51. The number of halogens is 1. The maximum absolute atomic E-state index is 13.4. The number of ketones is 1. The lowest BCUT2D eigenvalue weighted by atomic mass is 10.0. The van der Waals surface area contributed by atoms with Crippen molar-refractivity contribution in [3.8, 4) is 5.69 Å². The number of aromatic nitrogens is 2. The number of nitrogens with zero attached hydrogens (tertiary/aromatic N) is 3. The van der Waals surface area contributed by atoms with Crippen LogP contribution >= 0.6 is 0 Å². The molecule has 0 radical (unpaired) electrons. The fourth-order valence-electron chi connectivity index (χ4n) is 4.21.